The molecular weight excluding hydrogens is 489 g/mol. The molecule has 11 heteroatoms. The minimum atomic E-state index is -0.430. The number of rotatable bonds is 5. The van der Waals surface area contributed by atoms with Crippen molar-refractivity contribution in [2.45, 2.75) is 31.3 Å². The molecule has 0 saturated carbocycles. The number of carbonyl (C=O) groups is 1. The number of hydrogen-bond acceptors (Lipinski definition) is 7. The molecular formula is C24H25Cl2N7O2. The van der Waals surface area contributed by atoms with Crippen molar-refractivity contribution in [2.24, 2.45) is 27.7 Å². The van der Waals surface area contributed by atoms with Gasteiger partial charge in [-0.1, -0.05) is 35.9 Å². The van der Waals surface area contributed by atoms with E-state index in [4.69, 9.17) is 33.0 Å². The van der Waals surface area contributed by atoms with Crippen molar-refractivity contribution in [1.82, 2.24) is 19.8 Å². The van der Waals surface area contributed by atoms with Gasteiger partial charge < -0.3 is 9.88 Å². The number of hydroxylamine groups is 2. The van der Waals surface area contributed by atoms with E-state index < -0.39 is 5.92 Å². The minimum absolute atomic E-state index is 0.103. The van der Waals surface area contributed by atoms with Gasteiger partial charge in [0.05, 0.1) is 24.4 Å². The molecule has 5 atom stereocenters. The molecule has 1 saturated heterocycles. The number of nitrogens with zero attached hydrogens (tertiary/aromatic N) is 6. The standard InChI is InChI=1S/C24H25Cl2N7O2/c1-14-17-10-18(21-19(25)4-3-5-20(21)26)23(34)33(35-2)22(17)31-24(29-14)30-16-8-6-15(7-9-16)11-32-12-27-28-13-32/h3-9,12-14,17-19,21H,10-11H2,1-2H3,(H,29,30). The van der Waals surface area contributed by atoms with E-state index >= 15 is 0 Å². The van der Waals surface area contributed by atoms with E-state index in [1.807, 2.05) is 47.9 Å². The zero-order valence-electron chi connectivity index (χ0n) is 19.3. The van der Waals surface area contributed by atoms with Crippen molar-refractivity contribution in [3.8, 4) is 0 Å². The molecule has 2 aromatic rings. The van der Waals surface area contributed by atoms with Gasteiger partial charge in [-0.25, -0.2) is 4.99 Å². The Bertz CT molecular complexity index is 1210. The first kappa shape index (κ1) is 23.7. The van der Waals surface area contributed by atoms with E-state index in [0.29, 0.717) is 29.8 Å². The van der Waals surface area contributed by atoms with Crippen molar-refractivity contribution in [2.75, 3.05) is 12.4 Å². The Morgan fingerprint density at radius 2 is 1.91 bits per heavy atom. The number of guanidine groups is 1. The van der Waals surface area contributed by atoms with Gasteiger partial charge in [0, 0.05) is 29.1 Å². The largest absolute Gasteiger partial charge is 0.324 e. The monoisotopic (exact) mass is 513 g/mol. The molecule has 5 unspecified atom stereocenters. The maximum atomic E-state index is 13.4. The van der Waals surface area contributed by atoms with Crippen LogP contribution in [0.3, 0.4) is 0 Å². The number of anilines is 1. The van der Waals surface area contributed by atoms with Crippen molar-refractivity contribution >= 4 is 46.6 Å². The van der Waals surface area contributed by atoms with Gasteiger partial charge in [-0.05, 0) is 37.1 Å². The Balaban J connectivity index is 1.34. The van der Waals surface area contributed by atoms with E-state index in [0.717, 1.165) is 11.3 Å². The van der Waals surface area contributed by atoms with E-state index in [2.05, 4.69) is 20.5 Å². The fraction of sp³-hybridized carbons (Fsp3) is 0.375. The Morgan fingerprint density at radius 3 is 2.60 bits per heavy atom. The number of allylic oxidation sites excluding steroid dienone is 4. The summed E-state index contributed by atoms with van der Waals surface area (Å²) in [6, 6.07) is 7.82. The van der Waals surface area contributed by atoms with E-state index in [1.165, 1.54) is 12.2 Å². The van der Waals surface area contributed by atoms with Crippen molar-refractivity contribution in [1.29, 1.82) is 0 Å². The number of piperidine rings is 1. The molecule has 2 aliphatic heterocycles. The predicted molar refractivity (Wildman–Crippen MR) is 135 cm³/mol. The molecule has 3 heterocycles. The van der Waals surface area contributed by atoms with Crippen molar-refractivity contribution < 1.29 is 9.63 Å². The molecule has 1 aliphatic carbocycles. The number of amidine groups is 1. The minimum Gasteiger partial charge on any atom is -0.324 e. The number of fused-ring (bicyclic) bond motifs is 1. The van der Waals surface area contributed by atoms with Crippen LogP contribution in [0.25, 0.3) is 0 Å². The summed E-state index contributed by atoms with van der Waals surface area (Å²) in [6.45, 7) is 2.70. The Kier molecular flexibility index (Phi) is 6.73. The second-order valence-electron chi connectivity index (χ2n) is 8.79. The Labute approximate surface area is 213 Å². The van der Waals surface area contributed by atoms with Crippen LogP contribution in [-0.4, -0.2) is 56.1 Å². The zero-order chi connectivity index (χ0) is 24.5. The van der Waals surface area contributed by atoms with Crippen LogP contribution in [0.1, 0.15) is 18.9 Å². The highest BCUT2D eigenvalue weighted by atomic mass is 35.5. The van der Waals surface area contributed by atoms with Gasteiger partial charge in [0.25, 0.3) is 5.91 Å². The highest BCUT2D eigenvalue weighted by Crippen LogP contribution is 2.42. The van der Waals surface area contributed by atoms with Gasteiger partial charge in [0.1, 0.15) is 18.5 Å². The number of carbonyl (C=O) groups excluding carboxylic acids is 1. The smallest absolute Gasteiger partial charge is 0.255 e. The molecule has 5 rings (SSSR count). The van der Waals surface area contributed by atoms with Crippen LogP contribution in [0.4, 0.5) is 5.69 Å². The molecule has 1 aromatic carbocycles. The molecule has 1 fully saturated rings. The molecule has 0 radical (unpaired) electrons. The summed E-state index contributed by atoms with van der Waals surface area (Å²) in [5.41, 5.74) is 1.95. The Morgan fingerprint density at radius 1 is 1.17 bits per heavy atom. The third kappa shape index (κ3) is 4.76. The first-order valence-electron chi connectivity index (χ1n) is 11.4. The highest BCUT2D eigenvalue weighted by Gasteiger charge is 2.48. The third-order valence-electron chi connectivity index (χ3n) is 6.56. The average Bonchev–Trinajstić information content (AvgIpc) is 3.34. The number of nitrogens with one attached hydrogen (secondary N) is 1. The number of aliphatic imine (C=N–C) groups is 2. The van der Waals surface area contributed by atoms with Crippen LogP contribution < -0.4 is 5.32 Å². The maximum absolute atomic E-state index is 13.4. The van der Waals surface area contributed by atoms with Gasteiger partial charge >= 0.3 is 0 Å². The molecule has 35 heavy (non-hydrogen) atoms. The molecule has 1 N–H and O–H groups in total. The zero-order valence-corrected chi connectivity index (χ0v) is 20.8. The second kappa shape index (κ2) is 9.93. The number of hydrogen-bond donors (Lipinski definition) is 1. The molecule has 1 amide bonds. The molecule has 9 nitrogen and oxygen atoms in total. The third-order valence-corrected chi connectivity index (χ3v) is 7.36. The van der Waals surface area contributed by atoms with Gasteiger partial charge in [-0.15, -0.1) is 21.8 Å². The first-order valence-corrected chi connectivity index (χ1v) is 12.2. The summed E-state index contributed by atoms with van der Waals surface area (Å²) in [5.74, 6) is -0.0823. The van der Waals surface area contributed by atoms with Crippen LogP contribution >= 0.6 is 23.2 Å². The molecule has 3 aliphatic rings. The van der Waals surface area contributed by atoms with E-state index in [-0.39, 0.29) is 29.2 Å². The highest BCUT2D eigenvalue weighted by molar-refractivity contribution is 6.32. The lowest BCUT2D eigenvalue weighted by Crippen LogP contribution is -2.55. The molecule has 0 spiro atoms. The summed E-state index contributed by atoms with van der Waals surface area (Å²) in [4.78, 5) is 28.4. The van der Waals surface area contributed by atoms with E-state index in [1.54, 1.807) is 18.7 Å². The van der Waals surface area contributed by atoms with Crippen molar-refractivity contribution in [3.05, 3.63) is 65.7 Å². The summed E-state index contributed by atoms with van der Waals surface area (Å²) in [5, 5.41) is 12.4. The Hall–Kier alpha value is -3.01. The quantitative estimate of drug-likeness (QED) is 0.612. The summed E-state index contributed by atoms with van der Waals surface area (Å²) in [6.07, 6.45) is 9.36. The average molecular weight is 514 g/mol. The van der Waals surface area contributed by atoms with Crippen LogP contribution in [-0.2, 0) is 16.2 Å². The summed E-state index contributed by atoms with van der Waals surface area (Å²) < 4.78 is 1.90. The topological polar surface area (TPSA) is 97.0 Å². The second-order valence-corrected chi connectivity index (χ2v) is 9.73. The lowest BCUT2D eigenvalue weighted by atomic mass is 9.75. The lowest BCUT2D eigenvalue weighted by molar-refractivity contribution is -0.167. The first-order chi connectivity index (χ1) is 16.9. The van der Waals surface area contributed by atoms with Crippen LogP contribution in [0.15, 0.2) is 70.2 Å². The number of amides is 1. The predicted octanol–water partition coefficient (Wildman–Crippen LogP) is 3.84. The summed E-state index contributed by atoms with van der Waals surface area (Å²) in [7, 11) is 1.47. The number of alkyl halides is 1. The molecule has 1 aromatic heterocycles. The van der Waals surface area contributed by atoms with Crippen LogP contribution in [0.2, 0.25) is 0 Å². The van der Waals surface area contributed by atoms with Gasteiger partial charge in [-0.2, -0.15) is 10.1 Å². The van der Waals surface area contributed by atoms with Crippen LogP contribution in [0.5, 0.6) is 0 Å². The van der Waals surface area contributed by atoms with E-state index in [9.17, 15) is 4.79 Å². The lowest BCUT2D eigenvalue weighted by Gasteiger charge is -2.43. The van der Waals surface area contributed by atoms with Crippen LogP contribution in [0, 0.1) is 17.8 Å². The van der Waals surface area contributed by atoms with Gasteiger partial charge in [0.15, 0.2) is 0 Å². The molecule has 0 bridgehead atoms. The normalized spacial score (nSPS) is 28.2. The number of aromatic nitrogens is 3. The molecule has 182 valence electrons. The number of benzene rings is 1. The number of halogens is 2. The maximum Gasteiger partial charge on any atom is 0.255 e. The SMILES string of the molecule is CON1C(=O)C(C2C(Cl)=CC=CC2Cl)CC2C1=NC(Nc1ccc(Cn3cnnc3)cc1)=NC2C. The van der Waals surface area contributed by atoms with Gasteiger partial charge in [0.2, 0.25) is 5.96 Å². The summed E-state index contributed by atoms with van der Waals surface area (Å²) >= 11 is 13.0. The fourth-order valence-corrected chi connectivity index (χ4v) is 5.61. The van der Waals surface area contributed by atoms with Gasteiger partial charge in [-0.3, -0.25) is 9.63 Å². The fourth-order valence-electron chi connectivity index (χ4n) is 4.79. The van der Waals surface area contributed by atoms with Crippen molar-refractivity contribution in [3.63, 3.8) is 0 Å².